The summed E-state index contributed by atoms with van der Waals surface area (Å²) >= 11 is 1.24. The van der Waals surface area contributed by atoms with Crippen LogP contribution in [-0.4, -0.2) is 36.8 Å². The summed E-state index contributed by atoms with van der Waals surface area (Å²) in [4.78, 5) is 32.2. The van der Waals surface area contributed by atoms with E-state index < -0.39 is 0 Å². The van der Waals surface area contributed by atoms with Crippen LogP contribution < -0.4 is 14.4 Å². The number of ether oxygens (including phenoxy) is 2. The zero-order valence-electron chi connectivity index (χ0n) is 19.1. The SMILES string of the molecule is COc1ccc(/C=C2\N=C(SCC(=O)c3ccc(C)cc3)N(c3cccc(OC)c3)C2=O)cc1. The lowest BCUT2D eigenvalue weighted by molar-refractivity contribution is -0.113. The number of carbonyl (C=O) groups is 2. The van der Waals surface area contributed by atoms with Gasteiger partial charge in [0.05, 0.1) is 25.7 Å². The summed E-state index contributed by atoms with van der Waals surface area (Å²) < 4.78 is 10.5. The fraction of sp³-hybridized carbons (Fsp3) is 0.148. The van der Waals surface area contributed by atoms with Crippen LogP contribution in [0.5, 0.6) is 11.5 Å². The Morgan fingerprint density at radius 3 is 2.35 bits per heavy atom. The normalized spacial score (nSPS) is 14.3. The lowest BCUT2D eigenvalue weighted by atomic mass is 10.1. The van der Waals surface area contributed by atoms with Gasteiger partial charge in [-0.25, -0.2) is 4.99 Å². The van der Waals surface area contributed by atoms with E-state index in [0.717, 1.165) is 16.9 Å². The second-order valence-electron chi connectivity index (χ2n) is 7.62. The molecule has 1 aliphatic heterocycles. The molecule has 1 amide bonds. The molecule has 0 aromatic heterocycles. The van der Waals surface area contributed by atoms with Crippen LogP contribution >= 0.6 is 11.8 Å². The molecule has 0 fully saturated rings. The monoisotopic (exact) mass is 472 g/mol. The molecule has 0 atom stereocenters. The molecule has 6 nitrogen and oxygen atoms in total. The molecular formula is C27H24N2O4S. The van der Waals surface area contributed by atoms with Crippen molar-refractivity contribution < 1.29 is 19.1 Å². The number of anilines is 1. The van der Waals surface area contributed by atoms with Gasteiger partial charge in [-0.05, 0) is 42.8 Å². The van der Waals surface area contributed by atoms with Gasteiger partial charge in [-0.1, -0.05) is 59.8 Å². The number of methoxy groups -OCH3 is 2. The molecule has 0 aliphatic carbocycles. The molecule has 0 saturated heterocycles. The number of hydrogen-bond donors (Lipinski definition) is 0. The number of nitrogens with zero attached hydrogens (tertiary/aromatic N) is 2. The molecule has 0 bridgehead atoms. The lowest BCUT2D eigenvalue weighted by Gasteiger charge is -2.18. The van der Waals surface area contributed by atoms with Crippen LogP contribution in [0.4, 0.5) is 5.69 Å². The molecule has 1 heterocycles. The maximum Gasteiger partial charge on any atom is 0.283 e. The van der Waals surface area contributed by atoms with Crippen LogP contribution in [0, 0.1) is 6.92 Å². The molecule has 7 heteroatoms. The first-order valence-electron chi connectivity index (χ1n) is 10.6. The standard InChI is InChI=1S/C27H24N2O4S/c1-18-7-11-20(12-8-18)25(30)17-34-27-28-24(15-19-9-13-22(32-2)14-10-19)26(31)29(27)21-5-4-6-23(16-21)33-3/h4-16H,17H2,1-3H3/b24-15-. The van der Waals surface area contributed by atoms with Gasteiger partial charge in [-0.3, -0.25) is 14.5 Å². The molecule has 0 saturated carbocycles. The maximum absolute atomic E-state index is 13.4. The largest absolute Gasteiger partial charge is 0.497 e. The zero-order valence-corrected chi connectivity index (χ0v) is 20.0. The molecule has 3 aromatic carbocycles. The molecule has 4 rings (SSSR count). The number of amides is 1. The zero-order chi connectivity index (χ0) is 24.1. The Bertz CT molecular complexity index is 1260. The van der Waals surface area contributed by atoms with Crippen molar-refractivity contribution in [1.82, 2.24) is 0 Å². The Balaban J connectivity index is 1.63. The average Bonchev–Trinajstić information content (AvgIpc) is 3.18. The van der Waals surface area contributed by atoms with Crippen molar-refractivity contribution >= 4 is 40.4 Å². The van der Waals surface area contributed by atoms with Crippen LogP contribution in [0.1, 0.15) is 21.5 Å². The van der Waals surface area contributed by atoms with Crippen LogP contribution in [-0.2, 0) is 4.79 Å². The van der Waals surface area contributed by atoms with Crippen molar-refractivity contribution in [2.45, 2.75) is 6.92 Å². The highest BCUT2D eigenvalue weighted by Gasteiger charge is 2.32. The van der Waals surface area contributed by atoms with E-state index in [9.17, 15) is 9.59 Å². The number of ketones is 1. The van der Waals surface area contributed by atoms with Gasteiger partial charge in [-0.2, -0.15) is 0 Å². The molecule has 1 aliphatic rings. The molecular weight excluding hydrogens is 448 g/mol. The van der Waals surface area contributed by atoms with Crippen molar-refractivity contribution in [1.29, 1.82) is 0 Å². The van der Waals surface area contributed by atoms with E-state index in [1.807, 2.05) is 73.7 Å². The number of carbonyl (C=O) groups excluding carboxylic acids is 2. The third-order valence-corrected chi connectivity index (χ3v) is 6.20. The van der Waals surface area contributed by atoms with Gasteiger partial charge in [0.15, 0.2) is 11.0 Å². The summed E-state index contributed by atoms with van der Waals surface area (Å²) in [7, 11) is 3.18. The minimum Gasteiger partial charge on any atom is -0.497 e. The van der Waals surface area contributed by atoms with E-state index in [2.05, 4.69) is 4.99 Å². The van der Waals surface area contributed by atoms with Crippen LogP contribution in [0.2, 0.25) is 0 Å². The Kier molecular flexibility index (Phi) is 7.13. The molecule has 172 valence electrons. The van der Waals surface area contributed by atoms with Crippen molar-refractivity contribution in [2.24, 2.45) is 4.99 Å². The fourth-order valence-corrected chi connectivity index (χ4v) is 4.29. The van der Waals surface area contributed by atoms with E-state index in [-0.39, 0.29) is 17.4 Å². The van der Waals surface area contributed by atoms with Gasteiger partial charge in [0, 0.05) is 11.6 Å². The highest BCUT2D eigenvalue weighted by molar-refractivity contribution is 8.14. The predicted octanol–water partition coefficient (Wildman–Crippen LogP) is 5.37. The van der Waals surface area contributed by atoms with Crippen molar-refractivity contribution in [3.63, 3.8) is 0 Å². The molecule has 0 radical (unpaired) electrons. The Morgan fingerprint density at radius 2 is 1.68 bits per heavy atom. The molecule has 34 heavy (non-hydrogen) atoms. The molecule has 3 aromatic rings. The summed E-state index contributed by atoms with van der Waals surface area (Å²) in [5.74, 6) is 1.21. The molecule has 0 unspecified atom stereocenters. The quantitative estimate of drug-likeness (QED) is 0.342. The third-order valence-electron chi connectivity index (χ3n) is 5.27. The number of amidine groups is 1. The van der Waals surface area contributed by atoms with Crippen LogP contribution in [0.25, 0.3) is 6.08 Å². The molecule has 0 N–H and O–H groups in total. The second-order valence-corrected chi connectivity index (χ2v) is 8.56. The number of hydrogen-bond acceptors (Lipinski definition) is 6. The van der Waals surface area contributed by atoms with Crippen molar-refractivity contribution in [2.75, 3.05) is 24.9 Å². The summed E-state index contributed by atoms with van der Waals surface area (Å²) in [6.07, 6.45) is 1.73. The number of aryl methyl sites for hydroxylation is 1. The summed E-state index contributed by atoms with van der Waals surface area (Å²) in [5.41, 5.74) is 3.45. The summed E-state index contributed by atoms with van der Waals surface area (Å²) in [5, 5.41) is 0.443. The lowest BCUT2D eigenvalue weighted by Crippen LogP contribution is -2.30. The van der Waals surface area contributed by atoms with Crippen LogP contribution in [0.15, 0.2) is 83.5 Å². The minimum atomic E-state index is -0.269. The van der Waals surface area contributed by atoms with Crippen molar-refractivity contribution in [3.05, 3.63) is 95.2 Å². The highest BCUT2D eigenvalue weighted by Crippen LogP contribution is 2.31. The van der Waals surface area contributed by atoms with Crippen molar-refractivity contribution in [3.8, 4) is 11.5 Å². The Morgan fingerprint density at radius 1 is 0.971 bits per heavy atom. The van der Waals surface area contributed by atoms with E-state index in [1.54, 1.807) is 26.4 Å². The van der Waals surface area contributed by atoms with Crippen LogP contribution in [0.3, 0.4) is 0 Å². The van der Waals surface area contributed by atoms with Gasteiger partial charge in [-0.15, -0.1) is 0 Å². The first-order valence-corrected chi connectivity index (χ1v) is 11.6. The van der Waals surface area contributed by atoms with Gasteiger partial charge in [0.2, 0.25) is 0 Å². The van der Waals surface area contributed by atoms with Gasteiger partial charge in [0.1, 0.15) is 17.2 Å². The Labute approximate surface area is 202 Å². The number of Topliss-reactive ketones (excluding diaryl/α,β-unsaturated/α-hetero) is 1. The predicted molar refractivity (Wildman–Crippen MR) is 137 cm³/mol. The van der Waals surface area contributed by atoms with Gasteiger partial charge >= 0.3 is 0 Å². The second kappa shape index (κ2) is 10.4. The first kappa shape index (κ1) is 23.3. The van der Waals surface area contributed by atoms with E-state index in [0.29, 0.717) is 27.9 Å². The minimum absolute atomic E-state index is 0.0293. The third kappa shape index (κ3) is 5.21. The van der Waals surface area contributed by atoms with Gasteiger partial charge < -0.3 is 9.47 Å². The molecule has 0 spiro atoms. The van der Waals surface area contributed by atoms with E-state index in [1.165, 1.54) is 16.7 Å². The van der Waals surface area contributed by atoms with Gasteiger partial charge in [0.25, 0.3) is 5.91 Å². The Hall–Kier alpha value is -3.84. The smallest absolute Gasteiger partial charge is 0.283 e. The number of rotatable bonds is 7. The first-order chi connectivity index (χ1) is 16.5. The average molecular weight is 473 g/mol. The number of aliphatic imine (C=N–C) groups is 1. The number of thioether (sulfide) groups is 1. The number of benzene rings is 3. The highest BCUT2D eigenvalue weighted by atomic mass is 32.2. The topological polar surface area (TPSA) is 68.2 Å². The van der Waals surface area contributed by atoms with E-state index in [4.69, 9.17) is 9.47 Å². The van der Waals surface area contributed by atoms with E-state index >= 15 is 0 Å². The maximum atomic E-state index is 13.4. The fourth-order valence-electron chi connectivity index (χ4n) is 3.38. The summed E-state index contributed by atoms with van der Waals surface area (Å²) in [6, 6.07) is 22.0. The summed E-state index contributed by atoms with van der Waals surface area (Å²) in [6.45, 7) is 1.98.